The van der Waals surface area contributed by atoms with E-state index in [0.29, 0.717) is 28.0 Å². The Labute approximate surface area is 101 Å². The Bertz CT molecular complexity index is 428. The lowest BCUT2D eigenvalue weighted by molar-refractivity contribution is 0.111. The third-order valence-corrected chi connectivity index (χ3v) is 3.00. The molecule has 1 heterocycles. The van der Waals surface area contributed by atoms with Gasteiger partial charge in [0.2, 0.25) is 6.79 Å². The molecule has 86 valence electrons. The average molecular weight is 287 g/mol. The minimum Gasteiger partial charge on any atom is -0.453 e. The van der Waals surface area contributed by atoms with E-state index in [0.717, 1.165) is 11.8 Å². The lowest BCUT2D eigenvalue weighted by Gasteiger charge is -2.10. The van der Waals surface area contributed by atoms with Crippen LogP contribution in [0.4, 0.5) is 0 Å². The molecule has 1 atom stereocenters. The van der Waals surface area contributed by atoms with E-state index in [9.17, 15) is 9.90 Å². The van der Waals surface area contributed by atoms with Gasteiger partial charge in [-0.25, -0.2) is 0 Å². The SMILES string of the molecule is CC(O)Cc1cc(Br)c(C=O)c2c1OCO2. The van der Waals surface area contributed by atoms with E-state index in [4.69, 9.17) is 9.47 Å². The zero-order valence-electron chi connectivity index (χ0n) is 8.70. The zero-order valence-corrected chi connectivity index (χ0v) is 10.3. The second-order valence-electron chi connectivity index (χ2n) is 3.67. The highest BCUT2D eigenvalue weighted by Gasteiger charge is 2.24. The third kappa shape index (κ3) is 1.92. The van der Waals surface area contributed by atoms with Crippen molar-refractivity contribution in [3.05, 3.63) is 21.7 Å². The van der Waals surface area contributed by atoms with Crippen LogP contribution in [0.25, 0.3) is 0 Å². The lowest BCUT2D eigenvalue weighted by atomic mass is 10.0. The number of aldehydes is 1. The van der Waals surface area contributed by atoms with E-state index in [1.54, 1.807) is 13.0 Å². The van der Waals surface area contributed by atoms with Crippen molar-refractivity contribution in [3.63, 3.8) is 0 Å². The maximum atomic E-state index is 10.9. The molecule has 0 saturated carbocycles. The predicted octanol–water partition coefficient (Wildman–Crippen LogP) is 1.91. The van der Waals surface area contributed by atoms with Gasteiger partial charge in [0.15, 0.2) is 17.8 Å². The van der Waals surface area contributed by atoms with Crippen LogP contribution in [-0.2, 0) is 6.42 Å². The van der Waals surface area contributed by atoms with Gasteiger partial charge in [-0.1, -0.05) is 0 Å². The molecule has 1 unspecified atom stereocenters. The first-order valence-electron chi connectivity index (χ1n) is 4.87. The molecule has 1 aliphatic heterocycles. The molecule has 0 spiro atoms. The molecular formula is C11H11BrO4. The Hall–Kier alpha value is -1.07. The smallest absolute Gasteiger partial charge is 0.231 e. The molecule has 0 aromatic heterocycles. The van der Waals surface area contributed by atoms with Crippen molar-refractivity contribution in [2.75, 3.05) is 6.79 Å². The van der Waals surface area contributed by atoms with Crippen molar-refractivity contribution in [3.8, 4) is 11.5 Å². The summed E-state index contributed by atoms with van der Waals surface area (Å²) in [6.07, 6.45) is 0.718. The van der Waals surface area contributed by atoms with E-state index in [2.05, 4.69) is 15.9 Å². The Morgan fingerprint density at radius 1 is 1.56 bits per heavy atom. The summed E-state index contributed by atoms with van der Waals surface area (Å²) in [5.74, 6) is 1.02. The van der Waals surface area contributed by atoms with Gasteiger partial charge in [-0.05, 0) is 28.9 Å². The van der Waals surface area contributed by atoms with Crippen molar-refractivity contribution in [2.24, 2.45) is 0 Å². The van der Waals surface area contributed by atoms with Crippen LogP contribution in [0.5, 0.6) is 11.5 Å². The fraction of sp³-hybridized carbons (Fsp3) is 0.364. The summed E-state index contributed by atoms with van der Waals surface area (Å²) in [5.41, 5.74) is 1.28. The quantitative estimate of drug-likeness (QED) is 0.863. The number of carbonyl (C=O) groups is 1. The zero-order chi connectivity index (χ0) is 11.7. The Morgan fingerprint density at radius 2 is 2.25 bits per heavy atom. The maximum Gasteiger partial charge on any atom is 0.231 e. The van der Waals surface area contributed by atoms with E-state index in [-0.39, 0.29) is 6.79 Å². The largest absolute Gasteiger partial charge is 0.453 e. The van der Waals surface area contributed by atoms with Crippen LogP contribution in [0.3, 0.4) is 0 Å². The fourth-order valence-electron chi connectivity index (χ4n) is 1.70. The molecule has 1 aromatic rings. The number of hydrogen-bond acceptors (Lipinski definition) is 4. The van der Waals surface area contributed by atoms with Gasteiger partial charge in [-0.2, -0.15) is 0 Å². The van der Waals surface area contributed by atoms with Gasteiger partial charge < -0.3 is 14.6 Å². The maximum absolute atomic E-state index is 10.9. The van der Waals surface area contributed by atoms with Crippen LogP contribution in [-0.4, -0.2) is 24.3 Å². The van der Waals surface area contributed by atoms with E-state index >= 15 is 0 Å². The van der Waals surface area contributed by atoms with Gasteiger partial charge in [0.25, 0.3) is 0 Å². The van der Waals surface area contributed by atoms with E-state index in [1.165, 1.54) is 0 Å². The van der Waals surface area contributed by atoms with Gasteiger partial charge in [-0.3, -0.25) is 4.79 Å². The Kier molecular flexibility index (Phi) is 3.16. The number of rotatable bonds is 3. The van der Waals surface area contributed by atoms with Crippen molar-refractivity contribution >= 4 is 22.2 Å². The van der Waals surface area contributed by atoms with Gasteiger partial charge in [-0.15, -0.1) is 0 Å². The molecule has 0 saturated heterocycles. The summed E-state index contributed by atoms with van der Waals surface area (Å²) < 4.78 is 11.2. The van der Waals surface area contributed by atoms with Crippen LogP contribution < -0.4 is 9.47 Å². The standard InChI is InChI=1S/C11H11BrO4/c1-6(14)2-7-3-9(12)8(4-13)11-10(7)15-5-16-11/h3-4,6,14H,2,5H2,1H3. The first-order chi connectivity index (χ1) is 7.63. The number of carbonyl (C=O) groups excluding carboxylic acids is 1. The molecule has 4 nitrogen and oxygen atoms in total. The van der Waals surface area contributed by atoms with E-state index < -0.39 is 6.10 Å². The fourth-order valence-corrected chi connectivity index (χ4v) is 2.25. The summed E-state index contributed by atoms with van der Waals surface area (Å²) in [4.78, 5) is 10.9. The van der Waals surface area contributed by atoms with Gasteiger partial charge in [0, 0.05) is 16.5 Å². The summed E-state index contributed by atoms with van der Waals surface area (Å²) in [6.45, 7) is 1.81. The Balaban J connectivity index is 2.52. The highest BCUT2D eigenvalue weighted by Crippen LogP contribution is 2.42. The van der Waals surface area contributed by atoms with Crippen molar-refractivity contribution in [2.45, 2.75) is 19.4 Å². The number of benzene rings is 1. The topological polar surface area (TPSA) is 55.8 Å². The number of aliphatic hydroxyl groups is 1. The molecule has 0 amide bonds. The van der Waals surface area contributed by atoms with Crippen LogP contribution >= 0.6 is 15.9 Å². The van der Waals surface area contributed by atoms with Crippen LogP contribution in [0.2, 0.25) is 0 Å². The van der Waals surface area contributed by atoms with Crippen molar-refractivity contribution < 1.29 is 19.4 Å². The minimum atomic E-state index is -0.470. The Morgan fingerprint density at radius 3 is 2.88 bits per heavy atom. The summed E-state index contributed by atoms with van der Waals surface area (Å²) >= 11 is 3.30. The van der Waals surface area contributed by atoms with Crippen LogP contribution in [0.1, 0.15) is 22.8 Å². The molecule has 2 rings (SSSR count). The van der Waals surface area contributed by atoms with Crippen molar-refractivity contribution in [1.29, 1.82) is 0 Å². The lowest BCUT2D eigenvalue weighted by Crippen LogP contribution is -2.05. The molecule has 1 aromatic carbocycles. The molecule has 0 fully saturated rings. The molecular weight excluding hydrogens is 276 g/mol. The van der Waals surface area contributed by atoms with Crippen molar-refractivity contribution in [1.82, 2.24) is 0 Å². The predicted molar refractivity (Wildman–Crippen MR) is 61.0 cm³/mol. The van der Waals surface area contributed by atoms with Gasteiger partial charge in [0.1, 0.15) is 0 Å². The summed E-state index contributed by atoms with van der Waals surface area (Å²) in [6, 6.07) is 1.78. The normalized spacial score (nSPS) is 14.9. The van der Waals surface area contributed by atoms with E-state index in [1.807, 2.05) is 0 Å². The molecule has 16 heavy (non-hydrogen) atoms. The highest BCUT2D eigenvalue weighted by molar-refractivity contribution is 9.10. The first kappa shape index (κ1) is 11.4. The highest BCUT2D eigenvalue weighted by atomic mass is 79.9. The molecule has 1 N–H and O–H groups in total. The number of fused-ring (bicyclic) bond motifs is 1. The second kappa shape index (κ2) is 4.43. The summed E-state index contributed by atoms with van der Waals surface area (Å²) in [5, 5.41) is 9.37. The van der Waals surface area contributed by atoms with Crippen LogP contribution in [0.15, 0.2) is 10.5 Å². The van der Waals surface area contributed by atoms with Gasteiger partial charge >= 0.3 is 0 Å². The molecule has 0 bridgehead atoms. The first-order valence-corrected chi connectivity index (χ1v) is 5.67. The molecule has 1 aliphatic rings. The third-order valence-electron chi connectivity index (χ3n) is 2.34. The average Bonchev–Trinajstić information content (AvgIpc) is 2.66. The number of aliphatic hydroxyl groups excluding tert-OH is 1. The van der Waals surface area contributed by atoms with Crippen LogP contribution in [0, 0.1) is 0 Å². The molecule has 0 aliphatic carbocycles. The number of hydrogen-bond donors (Lipinski definition) is 1. The minimum absolute atomic E-state index is 0.111. The molecule has 5 heteroatoms. The second-order valence-corrected chi connectivity index (χ2v) is 4.52. The monoisotopic (exact) mass is 286 g/mol. The number of halogens is 1. The molecule has 0 radical (unpaired) electrons. The summed E-state index contributed by atoms with van der Waals surface area (Å²) in [7, 11) is 0. The van der Waals surface area contributed by atoms with Gasteiger partial charge in [0.05, 0.1) is 11.7 Å². The number of ether oxygens (including phenoxy) is 2.